The molecule has 2 aromatic rings. The summed E-state index contributed by atoms with van der Waals surface area (Å²) in [6.45, 7) is -0.250. The first-order chi connectivity index (χ1) is 12.2. The number of carbonyl (C=O) groups excluding carboxylic acids is 2. The normalized spacial score (nSPS) is 12.8. The first-order valence-corrected chi connectivity index (χ1v) is 8.29. The topological polar surface area (TPSA) is 52.6 Å². The van der Waals surface area contributed by atoms with E-state index in [0.717, 1.165) is 24.8 Å². The van der Waals surface area contributed by atoms with Gasteiger partial charge in [0.05, 0.1) is 7.11 Å². The number of aryl methyl sites for hydroxylation is 2. The molecule has 0 atom stereocenters. The summed E-state index contributed by atoms with van der Waals surface area (Å²) < 4.78 is 10.2. The van der Waals surface area contributed by atoms with Crippen molar-refractivity contribution < 1.29 is 19.1 Å². The van der Waals surface area contributed by atoms with Gasteiger partial charge in [0, 0.05) is 11.6 Å². The van der Waals surface area contributed by atoms with Gasteiger partial charge in [0.25, 0.3) is 0 Å². The van der Waals surface area contributed by atoms with Crippen molar-refractivity contribution in [2.24, 2.45) is 0 Å². The minimum Gasteiger partial charge on any atom is -0.497 e. The Bertz CT molecular complexity index is 820. The number of fused-ring (bicyclic) bond motifs is 1. The number of methoxy groups -OCH3 is 1. The average Bonchev–Trinajstić information content (AvgIpc) is 3.12. The second-order valence-electron chi connectivity index (χ2n) is 5.98. The molecule has 0 fully saturated rings. The minimum atomic E-state index is -0.544. The molecule has 128 valence electrons. The van der Waals surface area contributed by atoms with Crippen LogP contribution in [0.5, 0.6) is 5.75 Å². The molecule has 4 heteroatoms. The fourth-order valence-corrected chi connectivity index (χ4v) is 2.92. The van der Waals surface area contributed by atoms with E-state index < -0.39 is 5.97 Å². The Morgan fingerprint density at radius 3 is 2.76 bits per heavy atom. The third kappa shape index (κ3) is 4.35. The van der Waals surface area contributed by atoms with Crippen LogP contribution >= 0.6 is 0 Å². The van der Waals surface area contributed by atoms with Gasteiger partial charge in [-0.25, -0.2) is 4.79 Å². The summed E-state index contributed by atoms with van der Waals surface area (Å²) in [6.07, 6.45) is 6.17. The molecule has 0 saturated heterocycles. The molecule has 0 saturated carbocycles. The first-order valence-electron chi connectivity index (χ1n) is 8.29. The van der Waals surface area contributed by atoms with E-state index in [1.165, 1.54) is 17.2 Å². The summed E-state index contributed by atoms with van der Waals surface area (Å²) in [5, 5.41) is 0. The number of rotatable bonds is 6. The van der Waals surface area contributed by atoms with Gasteiger partial charge >= 0.3 is 5.97 Å². The molecule has 0 amide bonds. The summed E-state index contributed by atoms with van der Waals surface area (Å²) >= 11 is 0. The van der Waals surface area contributed by atoms with Crippen molar-refractivity contribution >= 4 is 17.8 Å². The van der Waals surface area contributed by atoms with Gasteiger partial charge in [-0.05, 0) is 60.2 Å². The van der Waals surface area contributed by atoms with E-state index in [2.05, 4.69) is 0 Å². The monoisotopic (exact) mass is 336 g/mol. The average molecular weight is 336 g/mol. The lowest BCUT2D eigenvalue weighted by Crippen LogP contribution is -2.12. The molecule has 25 heavy (non-hydrogen) atoms. The van der Waals surface area contributed by atoms with Crippen LogP contribution in [0.1, 0.15) is 33.5 Å². The number of carbonyl (C=O) groups is 2. The third-order valence-electron chi connectivity index (χ3n) is 4.27. The lowest BCUT2D eigenvalue weighted by molar-refractivity contribution is -0.136. The molecule has 4 nitrogen and oxygen atoms in total. The Hall–Kier alpha value is -2.88. The van der Waals surface area contributed by atoms with Crippen molar-refractivity contribution in [2.45, 2.75) is 19.3 Å². The molecule has 1 aliphatic rings. The number of hydrogen-bond donors (Lipinski definition) is 0. The van der Waals surface area contributed by atoms with E-state index >= 15 is 0 Å². The first kappa shape index (κ1) is 17.0. The Kier molecular flexibility index (Phi) is 5.29. The highest BCUT2D eigenvalue weighted by Gasteiger charge is 2.14. The van der Waals surface area contributed by atoms with Crippen molar-refractivity contribution in [3.8, 4) is 5.75 Å². The van der Waals surface area contributed by atoms with E-state index in [4.69, 9.17) is 9.47 Å². The predicted molar refractivity (Wildman–Crippen MR) is 95.8 cm³/mol. The zero-order valence-electron chi connectivity index (χ0n) is 14.2. The van der Waals surface area contributed by atoms with Gasteiger partial charge < -0.3 is 9.47 Å². The second-order valence-corrected chi connectivity index (χ2v) is 5.98. The smallest absolute Gasteiger partial charge is 0.331 e. The van der Waals surface area contributed by atoms with Gasteiger partial charge in [-0.1, -0.05) is 24.3 Å². The van der Waals surface area contributed by atoms with E-state index in [0.29, 0.717) is 11.3 Å². The van der Waals surface area contributed by atoms with Crippen LogP contribution < -0.4 is 4.74 Å². The number of Topliss-reactive ketones (excluding diaryl/α,β-unsaturated/α-hetero) is 1. The maximum atomic E-state index is 12.2. The van der Waals surface area contributed by atoms with Gasteiger partial charge in [-0.3, -0.25) is 4.79 Å². The molecule has 0 spiro atoms. The van der Waals surface area contributed by atoms with Crippen LogP contribution in [0.15, 0.2) is 48.5 Å². The number of ether oxygens (including phenoxy) is 2. The Morgan fingerprint density at radius 2 is 1.92 bits per heavy atom. The molecule has 0 aromatic heterocycles. The molecule has 3 rings (SSSR count). The highest BCUT2D eigenvalue weighted by molar-refractivity contribution is 5.99. The van der Waals surface area contributed by atoms with Crippen LogP contribution in [-0.4, -0.2) is 25.5 Å². The highest BCUT2D eigenvalue weighted by Crippen LogP contribution is 2.23. The van der Waals surface area contributed by atoms with Crippen molar-refractivity contribution in [2.75, 3.05) is 13.7 Å². The highest BCUT2D eigenvalue weighted by atomic mass is 16.5. The molecule has 1 aliphatic carbocycles. The molecule has 0 aliphatic heterocycles. The van der Waals surface area contributed by atoms with E-state index in [9.17, 15) is 9.59 Å². The molecular weight excluding hydrogens is 316 g/mol. The van der Waals surface area contributed by atoms with Gasteiger partial charge in [0.15, 0.2) is 12.4 Å². The van der Waals surface area contributed by atoms with Crippen molar-refractivity contribution in [1.29, 1.82) is 0 Å². The second kappa shape index (κ2) is 7.79. The Labute approximate surface area is 147 Å². The largest absolute Gasteiger partial charge is 0.497 e. The predicted octanol–water partition coefficient (Wildman–Crippen LogP) is 3.62. The van der Waals surface area contributed by atoms with Gasteiger partial charge in [0.1, 0.15) is 5.75 Å². The lowest BCUT2D eigenvalue weighted by atomic mass is 10.0. The SMILES string of the molecule is COc1cccc(/C=C/C(=O)OCC(=O)c2ccc3c(c2)CCC3)c1. The maximum Gasteiger partial charge on any atom is 0.331 e. The molecular formula is C21H20O4. The fourth-order valence-electron chi connectivity index (χ4n) is 2.92. The van der Waals surface area contributed by atoms with Gasteiger partial charge in [0.2, 0.25) is 0 Å². The summed E-state index contributed by atoms with van der Waals surface area (Å²) in [6, 6.07) is 13.0. The van der Waals surface area contributed by atoms with Crippen LogP contribution in [0.25, 0.3) is 6.08 Å². The molecule has 0 radical (unpaired) electrons. The number of benzene rings is 2. The lowest BCUT2D eigenvalue weighted by Gasteiger charge is -2.05. The van der Waals surface area contributed by atoms with Gasteiger partial charge in [-0.2, -0.15) is 0 Å². The fraction of sp³-hybridized carbons (Fsp3) is 0.238. The number of esters is 1. The quantitative estimate of drug-likeness (QED) is 0.459. The Balaban J connectivity index is 1.54. The molecule has 0 unspecified atom stereocenters. The van der Waals surface area contributed by atoms with E-state index in [-0.39, 0.29) is 12.4 Å². The summed E-state index contributed by atoms with van der Waals surface area (Å²) in [5.74, 6) is -0.0162. The summed E-state index contributed by atoms with van der Waals surface area (Å²) in [4.78, 5) is 24.0. The van der Waals surface area contributed by atoms with Crippen molar-refractivity contribution in [1.82, 2.24) is 0 Å². The third-order valence-corrected chi connectivity index (χ3v) is 4.27. The van der Waals surface area contributed by atoms with Crippen LogP contribution in [0, 0.1) is 0 Å². The minimum absolute atomic E-state index is 0.183. The standard InChI is InChI=1S/C21H20O4/c1-24-19-7-2-4-15(12-19)8-11-21(23)25-14-20(22)18-10-9-16-5-3-6-17(16)13-18/h2,4,7-13H,3,5-6,14H2,1H3/b11-8+. The molecule has 0 bridgehead atoms. The van der Waals surface area contributed by atoms with E-state index in [1.54, 1.807) is 19.3 Å². The molecule has 2 aromatic carbocycles. The van der Waals surface area contributed by atoms with E-state index in [1.807, 2.05) is 36.4 Å². The number of ketones is 1. The summed E-state index contributed by atoms with van der Waals surface area (Å²) in [5.41, 5.74) is 3.97. The maximum absolute atomic E-state index is 12.2. The van der Waals surface area contributed by atoms with Crippen molar-refractivity contribution in [3.05, 3.63) is 70.8 Å². The number of hydrogen-bond acceptors (Lipinski definition) is 4. The van der Waals surface area contributed by atoms with Crippen LogP contribution in [0.2, 0.25) is 0 Å². The van der Waals surface area contributed by atoms with Crippen LogP contribution in [0.3, 0.4) is 0 Å². The summed E-state index contributed by atoms with van der Waals surface area (Å²) in [7, 11) is 1.58. The zero-order valence-corrected chi connectivity index (χ0v) is 14.2. The van der Waals surface area contributed by atoms with Crippen molar-refractivity contribution in [3.63, 3.8) is 0 Å². The van der Waals surface area contributed by atoms with Crippen LogP contribution in [-0.2, 0) is 22.4 Å². The molecule has 0 N–H and O–H groups in total. The van der Waals surface area contributed by atoms with Gasteiger partial charge in [-0.15, -0.1) is 0 Å². The van der Waals surface area contributed by atoms with Crippen LogP contribution in [0.4, 0.5) is 0 Å². The molecule has 0 heterocycles. The Morgan fingerprint density at radius 1 is 1.08 bits per heavy atom. The zero-order chi connectivity index (χ0) is 17.6.